The maximum Gasteiger partial charge on any atom is 0.121 e. The van der Waals surface area contributed by atoms with Crippen molar-refractivity contribution in [3.05, 3.63) is 54.1 Å². The van der Waals surface area contributed by atoms with Crippen LogP contribution in [-0.4, -0.2) is 13.2 Å². The zero-order valence-electron chi connectivity index (χ0n) is 14.0. The number of anilines is 2. The summed E-state index contributed by atoms with van der Waals surface area (Å²) in [6.45, 7) is 2.30. The molecule has 0 aromatic heterocycles. The molecule has 0 spiro atoms. The molecule has 4 rings (SSSR count). The third-order valence-corrected chi connectivity index (χ3v) is 4.56. The van der Waals surface area contributed by atoms with E-state index < -0.39 is 0 Å². The van der Waals surface area contributed by atoms with Crippen molar-refractivity contribution in [2.45, 2.75) is 44.1 Å². The summed E-state index contributed by atoms with van der Waals surface area (Å²) in [6, 6.07) is 16.3. The first-order valence-electron chi connectivity index (χ1n) is 8.39. The largest absolute Gasteiger partial charge is 0.490 e. The van der Waals surface area contributed by atoms with Crippen molar-refractivity contribution in [1.82, 2.24) is 0 Å². The molecule has 2 aliphatic rings. The van der Waals surface area contributed by atoms with E-state index in [1.54, 1.807) is 0 Å². The van der Waals surface area contributed by atoms with E-state index in [1.807, 2.05) is 43.4 Å². The van der Waals surface area contributed by atoms with Crippen LogP contribution in [0, 0.1) is 0 Å². The maximum absolute atomic E-state index is 5.63. The SMILES string of the molecule is CC1(c2ccc(N)cc2)CC1.CNc1cccc(OC2CC2)c1. The molecule has 0 bridgehead atoms. The van der Waals surface area contributed by atoms with Gasteiger partial charge in [-0.3, -0.25) is 0 Å². The first-order valence-corrected chi connectivity index (χ1v) is 8.39. The smallest absolute Gasteiger partial charge is 0.121 e. The van der Waals surface area contributed by atoms with Gasteiger partial charge < -0.3 is 15.8 Å². The molecule has 0 radical (unpaired) electrons. The average Bonchev–Trinajstić information content (AvgIpc) is 3.48. The summed E-state index contributed by atoms with van der Waals surface area (Å²) in [4.78, 5) is 0. The normalized spacial score (nSPS) is 17.7. The van der Waals surface area contributed by atoms with Crippen LogP contribution in [0.4, 0.5) is 11.4 Å². The highest BCUT2D eigenvalue weighted by Crippen LogP contribution is 2.47. The first kappa shape index (κ1) is 15.7. The van der Waals surface area contributed by atoms with Crippen molar-refractivity contribution in [2.24, 2.45) is 0 Å². The fraction of sp³-hybridized carbons (Fsp3) is 0.400. The highest BCUT2D eigenvalue weighted by Gasteiger charge is 2.38. The maximum atomic E-state index is 5.63. The van der Waals surface area contributed by atoms with Crippen LogP contribution in [0.25, 0.3) is 0 Å². The molecule has 23 heavy (non-hydrogen) atoms. The molecular formula is C20H26N2O. The van der Waals surface area contributed by atoms with Crippen LogP contribution in [-0.2, 0) is 5.41 Å². The van der Waals surface area contributed by atoms with Crippen molar-refractivity contribution in [3.8, 4) is 5.75 Å². The van der Waals surface area contributed by atoms with Crippen LogP contribution in [0.5, 0.6) is 5.75 Å². The standard InChI is InChI=1S/C10H13NO.C10H13N/c1-11-8-3-2-4-10(7-8)12-9-5-6-9;1-10(6-7-10)8-2-4-9(11)5-3-8/h2-4,7,9,11H,5-6H2,1H3;2-5H,6-7,11H2,1H3. The molecule has 2 aromatic carbocycles. The lowest BCUT2D eigenvalue weighted by atomic mass is 9.98. The number of hydrogen-bond donors (Lipinski definition) is 2. The average molecular weight is 310 g/mol. The minimum atomic E-state index is 0.480. The molecule has 0 aliphatic heterocycles. The van der Waals surface area contributed by atoms with Gasteiger partial charge in [-0.25, -0.2) is 0 Å². The van der Waals surface area contributed by atoms with Crippen LogP contribution < -0.4 is 15.8 Å². The van der Waals surface area contributed by atoms with Gasteiger partial charge in [-0.15, -0.1) is 0 Å². The molecule has 0 amide bonds. The predicted octanol–water partition coefficient (Wildman–Crippen LogP) is 4.59. The van der Waals surface area contributed by atoms with Gasteiger partial charge in [-0.1, -0.05) is 25.1 Å². The molecular weight excluding hydrogens is 284 g/mol. The van der Waals surface area contributed by atoms with Crippen LogP contribution >= 0.6 is 0 Å². The second-order valence-electron chi connectivity index (χ2n) is 6.78. The lowest BCUT2D eigenvalue weighted by molar-refractivity contribution is 0.303. The van der Waals surface area contributed by atoms with E-state index in [0.29, 0.717) is 11.5 Å². The molecule has 122 valence electrons. The zero-order valence-corrected chi connectivity index (χ0v) is 14.0. The van der Waals surface area contributed by atoms with Crippen molar-refractivity contribution >= 4 is 11.4 Å². The fourth-order valence-electron chi connectivity index (χ4n) is 2.46. The summed E-state index contributed by atoms with van der Waals surface area (Å²) in [7, 11) is 1.91. The second kappa shape index (κ2) is 6.53. The molecule has 2 saturated carbocycles. The van der Waals surface area contributed by atoms with Crippen LogP contribution in [0.3, 0.4) is 0 Å². The number of benzene rings is 2. The summed E-state index contributed by atoms with van der Waals surface area (Å²) < 4.78 is 5.63. The molecule has 3 heteroatoms. The summed E-state index contributed by atoms with van der Waals surface area (Å²) in [6.07, 6.45) is 5.57. The zero-order chi connectivity index (χ0) is 16.3. The quantitative estimate of drug-likeness (QED) is 0.812. The molecule has 0 saturated heterocycles. The van der Waals surface area contributed by atoms with E-state index in [9.17, 15) is 0 Å². The summed E-state index contributed by atoms with van der Waals surface area (Å²) in [5.41, 5.74) is 9.47. The Labute approximate surface area is 138 Å². The van der Waals surface area contributed by atoms with E-state index >= 15 is 0 Å². The Morgan fingerprint density at radius 1 is 1.09 bits per heavy atom. The van der Waals surface area contributed by atoms with Gasteiger partial charge in [0.2, 0.25) is 0 Å². The van der Waals surface area contributed by atoms with E-state index in [1.165, 1.54) is 31.2 Å². The number of nitrogen functional groups attached to an aromatic ring is 1. The molecule has 3 nitrogen and oxygen atoms in total. The van der Waals surface area contributed by atoms with Crippen molar-refractivity contribution in [1.29, 1.82) is 0 Å². The summed E-state index contributed by atoms with van der Waals surface area (Å²) in [5, 5.41) is 3.08. The number of rotatable bonds is 4. The van der Waals surface area contributed by atoms with Crippen molar-refractivity contribution in [2.75, 3.05) is 18.1 Å². The summed E-state index contributed by atoms with van der Waals surface area (Å²) >= 11 is 0. The topological polar surface area (TPSA) is 47.3 Å². The Hall–Kier alpha value is -2.16. The van der Waals surface area contributed by atoms with Crippen LogP contribution in [0.2, 0.25) is 0 Å². The van der Waals surface area contributed by atoms with Gasteiger partial charge in [0.1, 0.15) is 5.75 Å². The van der Waals surface area contributed by atoms with Crippen LogP contribution in [0.15, 0.2) is 48.5 Å². The number of hydrogen-bond acceptors (Lipinski definition) is 3. The van der Waals surface area contributed by atoms with Gasteiger partial charge in [0.25, 0.3) is 0 Å². The predicted molar refractivity (Wildman–Crippen MR) is 97.1 cm³/mol. The molecule has 3 N–H and O–H groups in total. The lowest BCUT2D eigenvalue weighted by Crippen LogP contribution is -1.98. The highest BCUT2D eigenvalue weighted by atomic mass is 16.5. The van der Waals surface area contributed by atoms with E-state index in [-0.39, 0.29) is 0 Å². The summed E-state index contributed by atoms with van der Waals surface area (Å²) in [5.74, 6) is 0.976. The van der Waals surface area contributed by atoms with Gasteiger partial charge >= 0.3 is 0 Å². The monoisotopic (exact) mass is 310 g/mol. The Bertz CT molecular complexity index is 643. The van der Waals surface area contributed by atoms with Gasteiger partial charge in [0.15, 0.2) is 0 Å². The second-order valence-corrected chi connectivity index (χ2v) is 6.78. The van der Waals surface area contributed by atoms with Gasteiger partial charge in [0, 0.05) is 24.5 Å². The van der Waals surface area contributed by atoms with Crippen molar-refractivity contribution in [3.63, 3.8) is 0 Å². The first-order chi connectivity index (χ1) is 11.1. The number of ether oxygens (including phenoxy) is 1. The van der Waals surface area contributed by atoms with Gasteiger partial charge in [-0.2, -0.15) is 0 Å². The van der Waals surface area contributed by atoms with Gasteiger partial charge in [-0.05, 0) is 60.9 Å². The Kier molecular flexibility index (Phi) is 4.46. The molecule has 0 heterocycles. The van der Waals surface area contributed by atoms with Gasteiger partial charge in [0.05, 0.1) is 6.10 Å². The minimum Gasteiger partial charge on any atom is -0.490 e. The van der Waals surface area contributed by atoms with Crippen molar-refractivity contribution < 1.29 is 4.74 Å². The number of nitrogens with one attached hydrogen (secondary N) is 1. The van der Waals surface area contributed by atoms with E-state index in [4.69, 9.17) is 10.5 Å². The molecule has 0 atom stereocenters. The molecule has 2 aromatic rings. The third-order valence-electron chi connectivity index (χ3n) is 4.56. The highest BCUT2D eigenvalue weighted by molar-refractivity contribution is 5.47. The molecule has 2 fully saturated rings. The molecule has 0 unspecified atom stereocenters. The fourth-order valence-corrected chi connectivity index (χ4v) is 2.46. The van der Waals surface area contributed by atoms with E-state index in [0.717, 1.165) is 17.1 Å². The number of nitrogens with two attached hydrogens (primary N) is 1. The minimum absolute atomic E-state index is 0.480. The Morgan fingerprint density at radius 3 is 2.35 bits per heavy atom. The lowest BCUT2D eigenvalue weighted by Gasteiger charge is -2.07. The molecule has 2 aliphatic carbocycles. The van der Waals surface area contributed by atoms with E-state index in [2.05, 4.69) is 24.4 Å². The Balaban J connectivity index is 0.000000136. The Morgan fingerprint density at radius 2 is 1.78 bits per heavy atom. The third kappa shape index (κ3) is 4.41. The van der Waals surface area contributed by atoms with Crippen LogP contribution in [0.1, 0.15) is 38.2 Å².